The maximum Gasteiger partial charge on any atom is 0.161 e. The van der Waals surface area contributed by atoms with Gasteiger partial charge in [-0.25, -0.2) is 0 Å². The molecule has 0 saturated heterocycles. The smallest absolute Gasteiger partial charge is 0.161 e. The van der Waals surface area contributed by atoms with Crippen LogP contribution in [-0.4, -0.2) is 12.4 Å². The molecule has 0 aliphatic heterocycles. The molecule has 0 amide bonds. The van der Waals surface area contributed by atoms with Gasteiger partial charge in [0.05, 0.1) is 6.61 Å². The second-order valence-electron chi connectivity index (χ2n) is 5.69. The zero-order chi connectivity index (χ0) is 16.7. The first-order valence-corrected chi connectivity index (χ1v) is 8.02. The number of hydrogen-bond acceptors (Lipinski definition) is 3. The van der Waals surface area contributed by atoms with Gasteiger partial charge < -0.3 is 14.3 Å². The van der Waals surface area contributed by atoms with Crippen LogP contribution < -0.4 is 9.47 Å². The van der Waals surface area contributed by atoms with E-state index in [1.54, 1.807) is 6.92 Å². The van der Waals surface area contributed by atoms with Crippen molar-refractivity contribution in [2.24, 2.45) is 0 Å². The number of benzene rings is 2. The zero-order valence-corrected chi connectivity index (χ0v) is 14.1. The molecule has 0 aromatic heterocycles. The van der Waals surface area contributed by atoms with Crippen molar-refractivity contribution in [2.45, 2.75) is 40.2 Å². The van der Waals surface area contributed by atoms with Gasteiger partial charge in [0.15, 0.2) is 11.5 Å². The Labute approximate surface area is 138 Å². The van der Waals surface area contributed by atoms with Gasteiger partial charge in [-0.15, -0.1) is 0 Å². The molecule has 0 unspecified atom stereocenters. The van der Waals surface area contributed by atoms with Gasteiger partial charge in [0.2, 0.25) is 0 Å². The molecule has 0 heterocycles. The quantitative estimate of drug-likeness (QED) is 0.720. The zero-order valence-electron chi connectivity index (χ0n) is 14.1. The minimum atomic E-state index is 0.197. The van der Waals surface area contributed by atoms with E-state index in [4.69, 9.17) is 9.47 Å². The first kappa shape index (κ1) is 17.1. The van der Waals surface area contributed by atoms with Crippen molar-refractivity contribution in [1.82, 2.24) is 0 Å². The number of carbonyl (C=O) groups excluding carboxylic acids is 1. The van der Waals surface area contributed by atoms with Crippen molar-refractivity contribution in [2.75, 3.05) is 6.61 Å². The van der Waals surface area contributed by atoms with E-state index in [0.29, 0.717) is 19.6 Å². The number of ketones is 1. The molecule has 3 heteroatoms. The van der Waals surface area contributed by atoms with Crippen molar-refractivity contribution in [3.8, 4) is 11.5 Å². The molecule has 0 aliphatic carbocycles. The summed E-state index contributed by atoms with van der Waals surface area (Å²) in [4.78, 5) is 11.1. The summed E-state index contributed by atoms with van der Waals surface area (Å²) in [6.45, 7) is 6.72. The summed E-state index contributed by atoms with van der Waals surface area (Å²) in [5, 5.41) is 0. The van der Waals surface area contributed by atoms with Gasteiger partial charge in [0.1, 0.15) is 12.4 Å². The summed E-state index contributed by atoms with van der Waals surface area (Å²) in [5.41, 5.74) is 3.45. The average molecular weight is 312 g/mol. The van der Waals surface area contributed by atoms with Crippen molar-refractivity contribution >= 4 is 5.78 Å². The third kappa shape index (κ3) is 5.44. The van der Waals surface area contributed by atoms with Crippen LogP contribution in [0.5, 0.6) is 11.5 Å². The lowest BCUT2D eigenvalue weighted by atomic mass is 10.1. The molecule has 0 saturated carbocycles. The lowest BCUT2D eigenvalue weighted by Crippen LogP contribution is -2.01. The molecule has 0 fully saturated rings. The van der Waals surface area contributed by atoms with Gasteiger partial charge >= 0.3 is 0 Å². The van der Waals surface area contributed by atoms with Crippen molar-refractivity contribution < 1.29 is 14.3 Å². The predicted octanol–water partition coefficient (Wildman–Crippen LogP) is 4.49. The van der Waals surface area contributed by atoms with E-state index in [-0.39, 0.29) is 5.78 Å². The van der Waals surface area contributed by atoms with Crippen LogP contribution in [0.1, 0.15) is 37.0 Å². The molecular weight excluding hydrogens is 288 g/mol. The number of hydrogen-bond donors (Lipinski definition) is 0. The lowest BCUT2D eigenvalue weighted by molar-refractivity contribution is -0.116. The summed E-state index contributed by atoms with van der Waals surface area (Å²) in [5.74, 6) is 1.67. The fourth-order valence-corrected chi connectivity index (χ4v) is 2.26. The number of Topliss-reactive ketones (excluding diaryl/α,β-unsaturated/α-hetero) is 1. The van der Waals surface area contributed by atoms with Crippen LogP contribution in [0.2, 0.25) is 0 Å². The van der Waals surface area contributed by atoms with Gasteiger partial charge in [-0.3, -0.25) is 0 Å². The molecule has 2 rings (SSSR count). The molecule has 2 aromatic rings. The van der Waals surface area contributed by atoms with Crippen LogP contribution in [-0.2, 0) is 17.8 Å². The largest absolute Gasteiger partial charge is 0.490 e. The molecule has 0 N–H and O–H groups in total. The summed E-state index contributed by atoms with van der Waals surface area (Å²) < 4.78 is 11.6. The maximum atomic E-state index is 11.1. The van der Waals surface area contributed by atoms with Crippen LogP contribution in [0.25, 0.3) is 0 Å². The predicted molar refractivity (Wildman–Crippen MR) is 92.1 cm³/mol. The van der Waals surface area contributed by atoms with Gasteiger partial charge in [-0.2, -0.15) is 0 Å². The average Bonchev–Trinajstić information content (AvgIpc) is 2.54. The van der Waals surface area contributed by atoms with E-state index in [0.717, 1.165) is 29.0 Å². The Morgan fingerprint density at radius 3 is 2.30 bits per heavy atom. The molecule has 0 atom stereocenters. The Balaban J connectivity index is 2.07. The SMILES string of the molecule is CCOc1cc(CCC(C)=O)ccc1OCc1ccc(C)cc1. The minimum absolute atomic E-state index is 0.197. The summed E-state index contributed by atoms with van der Waals surface area (Å²) in [6, 6.07) is 14.2. The third-order valence-electron chi connectivity index (χ3n) is 3.59. The fourth-order valence-electron chi connectivity index (χ4n) is 2.26. The van der Waals surface area contributed by atoms with E-state index in [9.17, 15) is 4.79 Å². The van der Waals surface area contributed by atoms with Crippen LogP contribution in [0.15, 0.2) is 42.5 Å². The molecular formula is C20H24O3. The highest BCUT2D eigenvalue weighted by Crippen LogP contribution is 2.29. The van der Waals surface area contributed by atoms with Crippen LogP contribution in [0, 0.1) is 6.92 Å². The molecule has 23 heavy (non-hydrogen) atoms. The topological polar surface area (TPSA) is 35.5 Å². The maximum absolute atomic E-state index is 11.1. The van der Waals surface area contributed by atoms with E-state index >= 15 is 0 Å². The Kier molecular flexibility index (Phi) is 6.21. The second-order valence-corrected chi connectivity index (χ2v) is 5.69. The van der Waals surface area contributed by atoms with Crippen molar-refractivity contribution in [3.05, 3.63) is 59.2 Å². The van der Waals surface area contributed by atoms with E-state index < -0.39 is 0 Å². The molecule has 0 radical (unpaired) electrons. The van der Waals surface area contributed by atoms with Crippen LogP contribution in [0.3, 0.4) is 0 Å². The van der Waals surface area contributed by atoms with E-state index in [2.05, 4.69) is 31.2 Å². The lowest BCUT2D eigenvalue weighted by Gasteiger charge is -2.13. The first-order chi connectivity index (χ1) is 11.1. The van der Waals surface area contributed by atoms with Gasteiger partial charge in [0, 0.05) is 6.42 Å². The molecule has 2 aromatic carbocycles. The van der Waals surface area contributed by atoms with Crippen molar-refractivity contribution in [1.29, 1.82) is 0 Å². The number of ether oxygens (including phenoxy) is 2. The highest BCUT2D eigenvalue weighted by molar-refractivity contribution is 5.75. The number of rotatable bonds is 8. The molecule has 3 nitrogen and oxygen atoms in total. The third-order valence-corrected chi connectivity index (χ3v) is 3.59. The Bertz CT molecular complexity index is 644. The van der Waals surface area contributed by atoms with E-state index in [1.165, 1.54) is 5.56 Å². The Morgan fingerprint density at radius 2 is 1.65 bits per heavy atom. The monoisotopic (exact) mass is 312 g/mol. The standard InChI is InChI=1S/C20H24O3/c1-4-22-20-13-17(10-7-16(3)21)11-12-19(20)23-14-18-8-5-15(2)6-9-18/h5-6,8-9,11-13H,4,7,10,14H2,1-3H3. The summed E-state index contributed by atoms with van der Waals surface area (Å²) >= 11 is 0. The van der Waals surface area contributed by atoms with Crippen LogP contribution >= 0.6 is 0 Å². The molecule has 0 aliphatic rings. The number of carbonyl (C=O) groups is 1. The molecule has 0 spiro atoms. The molecule has 0 bridgehead atoms. The van der Waals surface area contributed by atoms with Crippen LogP contribution in [0.4, 0.5) is 0 Å². The Hall–Kier alpha value is -2.29. The summed E-state index contributed by atoms with van der Waals surface area (Å²) in [7, 11) is 0. The molecule has 122 valence electrons. The summed E-state index contributed by atoms with van der Waals surface area (Å²) in [6.07, 6.45) is 1.28. The van der Waals surface area contributed by atoms with Crippen molar-refractivity contribution in [3.63, 3.8) is 0 Å². The highest BCUT2D eigenvalue weighted by Gasteiger charge is 2.08. The van der Waals surface area contributed by atoms with Gasteiger partial charge in [0.25, 0.3) is 0 Å². The van der Waals surface area contributed by atoms with E-state index in [1.807, 2.05) is 25.1 Å². The highest BCUT2D eigenvalue weighted by atomic mass is 16.5. The first-order valence-electron chi connectivity index (χ1n) is 8.02. The minimum Gasteiger partial charge on any atom is -0.490 e. The fraction of sp³-hybridized carbons (Fsp3) is 0.350. The number of aryl methyl sites for hydroxylation is 2. The Morgan fingerprint density at radius 1 is 0.957 bits per heavy atom. The van der Waals surface area contributed by atoms with Gasteiger partial charge in [-0.1, -0.05) is 35.9 Å². The normalized spacial score (nSPS) is 10.4. The van der Waals surface area contributed by atoms with Gasteiger partial charge in [-0.05, 0) is 50.5 Å². The second kappa shape index (κ2) is 8.37.